The number of benzene rings is 8. The molecular weight excluding hydrogens is 758 g/mol. The molecular formula is C58H40NOP. The number of allylic oxidation sites excluding steroid dienone is 4. The first-order chi connectivity index (χ1) is 29.9. The lowest BCUT2D eigenvalue weighted by Gasteiger charge is -2.47. The van der Waals surface area contributed by atoms with Gasteiger partial charge in [0.2, 0.25) is 0 Å². The molecule has 0 saturated heterocycles. The smallest absolute Gasteiger partial charge is 0.172 e. The molecule has 3 heteroatoms. The summed E-state index contributed by atoms with van der Waals surface area (Å²) in [5.74, 6) is 0.0847. The van der Waals surface area contributed by atoms with Crippen molar-refractivity contribution in [2.45, 2.75) is 30.7 Å². The minimum Gasteiger partial charge on any atom is -0.333 e. The predicted molar refractivity (Wildman–Crippen MR) is 253 cm³/mol. The van der Waals surface area contributed by atoms with E-state index < -0.39 is 12.6 Å². The van der Waals surface area contributed by atoms with Crippen LogP contribution in [0, 0.1) is 5.92 Å². The van der Waals surface area contributed by atoms with Gasteiger partial charge in [0.15, 0.2) is 7.14 Å². The lowest BCUT2D eigenvalue weighted by molar-refractivity contribution is 0.344. The van der Waals surface area contributed by atoms with Gasteiger partial charge in [-0.15, -0.1) is 0 Å². The summed E-state index contributed by atoms with van der Waals surface area (Å²) in [5, 5.41) is 5.35. The van der Waals surface area contributed by atoms with Crippen LogP contribution in [-0.4, -0.2) is 4.57 Å². The van der Waals surface area contributed by atoms with Gasteiger partial charge in [-0.1, -0.05) is 184 Å². The highest BCUT2D eigenvalue weighted by Gasteiger charge is 2.57. The molecule has 8 aromatic carbocycles. The SMILES string of the molecule is CC1(C)c2ccccc2-c2c(-c3ccc4c(c3)-c3cc5c(cc3C43c4cccc6c7ccccc7n(c46)C4C=CC=CC43)-c3ccccc3P5(=O)c3ccccc3)cccc21. The zero-order valence-corrected chi connectivity index (χ0v) is 34.8. The third-order valence-corrected chi connectivity index (χ3v) is 18.4. The molecule has 61 heavy (non-hydrogen) atoms. The Morgan fingerprint density at radius 1 is 0.492 bits per heavy atom. The lowest BCUT2D eigenvalue weighted by Crippen LogP contribution is -2.43. The van der Waals surface area contributed by atoms with E-state index in [-0.39, 0.29) is 17.4 Å². The predicted octanol–water partition coefficient (Wildman–Crippen LogP) is 13.0. The maximum absolute atomic E-state index is 16.2. The Bertz CT molecular complexity index is 3560. The molecule has 0 radical (unpaired) electrons. The molecule has 5 aliphatic rings. The summed E-state index contributed by atoms with van der Waals surface area (Å²) >= 11 is 0. The number of aromatic nitrogens is 1. The first kappa shape index (κ1) is 34.0. The van der Waals surface area contributed by atoms with E-state index in [1.54, 1.807) is 0 Å². The Balaban J connectivity index is 1.12. The fourth-order valence-electron chi connectivity index (χ4n) is 12.8. The summed E-state index contributed by atoms with van der Waals surface area (Å²) in [5.41, 5.74) is 18.4. The molecule has 2 aliphatic heterocycles. The van der Waals surface area contributed by atoms with Crippen molar-refractivity contribution in [3.63, 3.8) is 0 Å². The first-order valence-corrected chi connectivity index (χ1v) is 23.3. The quantitative estimate of drug-likeness (QED) is 0.160. The zero-order valence-electron chi connectivity index (χ0n) is 33.9. The van der Waals surface area contributed by atoms with Gasteiger partial charge in [-0.05, 0) is 96.6 Å². The molecule has 3 aliphatic carbocycles. The Kier molecular flexibility index (Phi) is 6.44. The Labute approximate surface area is 355 Å². The van der Waals surface area contributed by atoms with Crippen LogP contribution in [0.25, 0.3) is 66.3 Å². The monoisotopic (exact) mass is 797 g/mol. The number of fused-ring (bicyclic) bond motifs is 18. The van der Waals surface area contributed by atoms with Gasteiger partial charge >= 0.3 is 0 Å². The standard InChI is InChI=1S/C58H40NOP/c1-57(2)45-23-9-6-20-41(45)55-37(21-14-25-48(55)57)35-30-31-46-42(32-35)43-34-54-44(39-19-8-13-29-53(39)61(54,60)36-16-4-3-5-17-36)33-50(43)58(46)47-24-10-12-28-52(47)59-51-27-11-7-18-38(51)40-22-15-26-49(58)56(40)59/h3-34,47,52H,1-2H3. The Morgan fingerprint density at radius 3 is 2.08 bits per heavy atom. The molecule has 9 aromatic rings. The van der Waals surface area contributed by atoms with Crippen molar-refractivity contribution in [3.05, 3.63) is 222 Å². The molecule has 1 spiro atoms. The number of hydrogen-bond acceptors (Lipinski definition) is 1. The van der Waals surface area contributed by atoms with Gasteiger partial charge in [-0.25, -0.2) is 0 Å². The van der Waals surface area contributed by atoms with Gasteiger partial charge < -0.3 is 9.13 Å². The minimum absolute atomic E-state index is 0.0847. The van der Waals surface area contributed by atoms with Crippen LogP contribution in [0.2, 0.25) is 0 Å². The third-order valence-electron chi connectivity index (χ3n) is 15.3. The van der Waals surface area contributed by atoms with Gasteiger partial charge in [0.1, 0.15) is 0 Å². The molecule has 0 amide bonds. The normalized spacial score (nSPS) is 22.5. The molecule has 0 N–H and O–H groups in total. The molecule has 288 valence electrons. The van der Waals surface area contributed by atoms with E-state index in [1.807, 2.05) is 18.2 Å². The Hall–Kier alpha value is -6.73. The van der Waals surface area contributed by atoms with E-state index in [2.05, 4.69) is 194 Å². The van der Waals surface area contributed by atoms with E-state index in [0.717, 1.165) is 27.0 Å². The van der Waals surface area contributed by atoms with E-state index >= 15 is 4.57 Å². The maximum Gasteiger partial charge on any atom is 0.172 e. The second kappa shape index (κ2) is 11.5. The summed E-state index contributed by atoms with van der Waals surface area (Å²) in [4.78, 5) is 0. The fourth-order valence-corrected chi connectivity index (χ4v) is 15.9. The maximum atomic E-state index is 16.2. The van der Waals surface area contributed by atoms with Crippen LogP contribution in [0.15, 0.2) is 194 Å². The lowest BCUT2D eigenvalue weighted by atomic mass is 9.59. The van der Waals surface area contributed by atoms with Crippen LogP contribution in [0.4, 0.5) is 0 Å². The van der Waals surface area contributed by atoms with Crippen LogP contribution in [0.5, 0.6) is 0 Å². The van der Waals surface area contributed by atoms with Crippen molar-refractivity contribution < 1.29 is 4.57 Å². The molecule has 0 saturated carbocycles. The van der Waals surface area contributed by atoms with Gasteiger partial charge in [-0.2, -0.15) is 0 Å². The number of nitrogens with zero attached hydrogens (tertiary/aromatic N) is 1. The average Bonchev–Trinajstić information content (AvgIpc) is 3.97. The first-order valence-electron chi connectivity index (χ1n) is 21.6. The van der Waals surface area contributed by atoms with Crippen molar-refractivity contribution in [1.82, 2.24) is 4.57 Å². The van der Waals surface area contributed by atoms with Crippen LogP contribution >= 0.6 is 7.14 Å². The molecule has 3 heterocycles. The van der Waals surface area contributed by atoms with Crippen molar-refractivity contribution in [2.75, 3.05) is 0 Å². The molecule has 4 atom stereocenters. The number of rotatable bonds is 2. The number of para-hydroxylation sites is 2. The fraction of sp³-hybridized carbons (Fsp3) is 0.103. The molecule has 4 unspecified atom stereocenters. The van der Waals surface area contributed by atoms with E-state index in [0.29, 0.717) is 0 Å². The second-order valence-electron chi connectivity index (χ2n) is 18.2. The highest BCUT2D eigenvalue weighted by atomic mass is 31.2. The molecule has 2 nitrogen and oxygen atoms in total. The highest BCUT2D eigenvalue weighted by molar-refractivity contribution is 7.86. The Morgan fingerprint density at radius 2 is 1.18 bits per heavy atom. The van der Waals surface area contributed by atoms with Gasteiger partial charge in [0, 0.05) is 43.5 Å². The van der Waals surface area contributed by atoms with Crippen LogP contribution in [0.1, 0.15) is 47.7 Å². The molecule has 0 bridgehead atoms. The number of hydrogen-bond donors (Lipinski definition) is 0. The highest BCUT2D eigenvalue weighted by Crippen LogP contribution is 2.66. The van der Waals surface area contributed by atoms with Crippen LogP contribution in [0.3, 0.4) is 0 Å². The zero-order chi connectivity index (χ0) is 40.4. The summed E-state index contributed by atoms with van der Waals surface area (Å²) in [6, 6.07) is 62.7. The minimum atomic E-state index is -3.21. The largest absolute Gasteiger partial charge is 0.333 e. The molecule has 14 rings (SSSR count). The topological polar surface area (TPSA) is 22.0 Å². The van der Waals surface area contributed by atoms with Gasteiger partial charge in [0.05, 0.1) is 17.0 Å². The van der Waals surface area contributed by atoms with Crippen molar-refractivity contribution in [1.29, 1.82) is 0 Å². The van der Waals surface area contributed by atoms with Crippen molar-refractivity contribution in [3.8, 4) is 44.5 Å². The van der Waals surface area contributed by atoms with Gasteiger partial charge in [0.25, 0.3) is 0 Å². The summed E-state index contributed by atoms with van der Waals surface area (Å²) < 4.78 is 18.8. The van der Waals surface area contributed by atoms with Crippen molar-refractivity contribution in [2.24, 2.45) is 5.92 Å². The van der Waals surface area contributed by atoms with E-state index in [4.69, 9.17) is 0 Å². The summed E-state index contributed by atoms with van der Waals surface area (Å²) in [6.07, 6.45) is 9.42. The van der Waals surface area contributed by atoms with E-state index in [1.165, 1.54) is 83.0 Å². The molecule has 1 aromatic heterocycles. The second-order valence-corrected chi connectivity index (χ2v) is 20.9. The average molecular weight is 798 g/mol. The molecule has 0 fully saturated rings. The van der Waals surface area contributed by atoms with Crippen LogP contribution < -0.4 is 15.9 Å². The van der Waals surface area contributed by atoms with Crippen molar-refractivity contribution >= 4 is 44.9 Å². The summed E-state index contributed by atoms with van der Waals surface area (Å²) in [6.45, 7) is 4.72. The van der Waals surface area contributed by atoms with E-state index in [9.17, 15) is 0 Å². The third kappa shape index (κ3) is 3.95. The van der Waals surface area contributed by atoms with Gasteiger partial charge in [-0.3, -0.25) is 0 Å². The summed E-state index contributed by atoms with van der Waals surface area (Å²) in [7, 11) is -3.21. The van der Waals surface area contributed by atoms with Crippen LogP contribution in [-0.2, 0) is 15.4 Å².